The maximum absolute atomic E-state index is 8.33. The van der Waals surface area contributed by atoms with Crippen molar-refractivity contribution in [1.82, 2.24) is 4.90 Å². The number of hydrogen-bond donors (Lipinski definition) is 0. The highest BCUT2D eigenvalue weighted by atomic mass is 15.1. The van der Waals surface area contributed by atoms with E-state index in [4.69, 9.17) is 5.26 Å². The second-order valence-electron chi connectivity index (χ2n) is 3.18. The van der Waals surface area contributed by atoms with Crippen LogP contribution in [-0.2, 0) is 0 Å². The van der Waals surface area contributed by atoms with Crippen LogP contribution < -0.4 is 0 Å². The van der Waals surface area contributed by atoms with Crippen molar-refractivity contribution in [1.29, 1.82) is 5.26 Å². The SMILES string of the molecule is CCC(C)CN(C)CCC#N. The van der Waals surface area contributed by atoms with Gasteiger partial charge in [0.05, 0.1) is 6.07 Å². The molecule has 0 N–H and O–H groups in total. The summed E-state index contributed by atoms with van der Waals surface area (Å²) < 4.78 is 0. The molecule has 64 valence electrons. The van der Waals surface area contributed by atoms with Gasteiger partial charge in [0, 0.05) is 19.5 Å². The molecule has 0 radical (unpaired) electrons. The fraction of sp³-hybridized carbons (Fsp3) is 0.889. The van der Waals surface area contributed by atoms with Gasteiger partial charge in [0.15, 0.2) is 0 Å². The molecule has 11 heavy (non-hydrogen) atoms. The van der Waals surface area contributed by atoms with Gasteiger partial charge in [-0.3, -0.25) is 0 Å². The Balaban J connectivity index is 3.37. The first-order valence-electron chi connectivity index (χ1n) is 4.26. The average molecular weight is 154 g/mol. The largest absolute Gasteiger partial charge is 0.305 e. The Kier molecular flexibility index (Phi) is 5.87. The number of rotatable bonds is 5. The van der Waals surface area contributed by atoms with Crippen molar-refractivity contribution in [3.63, 3.8) is 0 Å². The van der Waals surface area contributed by atoms with Crippen LogP contribution in [0.15, 0.2) is 0 Å². The fourth-order valence-electron chi connectivity index (χ4n) is 0.993. The molecule has 0 heterocycles. The highest BCUT2D eigenvalue weighted by molar-refractivity contribution is 4.71. The Hall–Kier alpha value is -0.550. The summed E-state index contributed by atoms with van der Waals surface area (Å²) in [7, 11) is 2.07. The summed E-state index contributed by atoms with van der Waals surface area (Å²) in [5.74, 6) is 0.749. The lowest BCUT2D eigenvalue weighted by Crippen LogP contribution is -2.24. The standard InChI is InChI=1S/C9H18N2/c1-4-9(2)8-11(3)7-5-6-10/h9H,4-5,7-8H2,1-3H3. The first-order valence-corrected chi connectivity index (χ1v) is 4.26. The molecule has 0 spiro atoms. The maximum atomic E-state index is 8.33. The van der Waals surface area contributed by atoms with Crippen molar-refractivity contribution in [2.24, 2.45) is 5.92 Å². The van der Waals surface area contributed by atoms with Crippen molar-refractivity contribution in [2.45, 2.75) is 26.7 Å². The molecule has 0 aliphatic rings. The van der Waals surface area contributed by atoms with Crippen LogP contribution in [0.2, 0.25) is 0 Å². The molecule has 0 saturated carbocycles. The van der Waals surface area contributed by atoms with Crippen molar-refractivity contribution in [3.05, 3.63) is 0 Å². The van der Waals surface area contributed by atoms with Crippen LogP contribution in [0, 0.1) is 17.2 Å². The number of hydrogen-bond acceptors (Lipinski definition) is 2. The summed E-state index contributed by atoms with van der Waals surface area (Å²) in [4.78, 5) is 2.22. The molecule has 0 aromatic carbocycles. The lowest BCUT2D eigenvalue weighted by molar-refractivity contribution is 0.288. The molecule has 0 aromatic rings. The Labute approximate surface area is 69.8 Å². The summed E-state index contributed by atoms with van der Waals surface area (Å²) >= 11 is 0. The molecule has 2 heteroatoms. The van der Waals surface area contributed by atoms with E-state index in [2.05, 4.69) is 31.9 Å². The van der Waals surface area contributed by atoms with Gasteiger partial charge in [-0.05, 0) is 13.0 Å². The predicted molar refractivity (Wildman–Crippen MR) is 47.2 cm³/mol. The topological polar surface area (TPSA) is 27.0 Å². The molecule has 0 aromatic heterocycles. The predicted octanol–water partition coefficient (Wildman–Crippen LogP) is 1.88. The van der Waals surface area contributed by atoms with E-state index in [1.807, 2.05) is 0 Å². The minimum atomic E-state index is 0.646. The first kappa shape index (κ1) is 10.4. The van der Waals surface area contributed by atoms with E-state index in [9.17, 15) is 0 Å². The molecular formula is C9H18N2. The van der Waals surface area contributed by atoms with Crippen LogP contribution in [0.5, 0.6) is 0 Å². The maximum Gasteiger partial charge on any atom is 0.0635 e. The van der Waals surface area contributed by atoms with E-state index in [0.29, 0.717) is 6.42 Å². The van der Waals surface area contributed by atoms with Crippen molar-refractivity contribution in [2.75, 3.05) is 20.1 Å². The van der Waals surface area contributed by atoms with Crippen LogP contribution >= 0.6 is 0 Å². The summed E-state index contributed by atoms with van der Waals surface area (Å²) in [5.41, 5.74) is 0. The van der Waals surface area contributed by atoms with E-state index in [1.165, 1.54) is 6.42 Å². The molecule has 0 fully saturated rings. The van der Waals surface area contributed by atoms with Gasteiger partial charge in [-0.25, -0.2) is 0 Å². The highest BCUT2D eigenvalue weighted by Crippen LogP contribution is 2.02. The molecule has 0 rings (SSSR count). The quantitative estimate of drug-likeness (QED) is 0.604. The second-order valence-corrected chi connectivity index (χ2v) is 3.18. The zero-order valence-corrected chi connectivity index (χ0v) is 7.80. The summed E-state index contributed by atoms with van der Waals surface area (Å²) in [6, 6.07) is 2.15. The third-order valence-corrected chi connectivity index (χ3v) is 1.93. The third kappa shape index (κ3) is 5.87. The minimum Gasteiger partial charge on any atom is -0.305 e. The molecule has 2 nitrogen and oxygen atoms in total. The number of nitriles is 1. The Morgan fingerprint density at radius 2 is 2.18 bits per heavy atom. The van der Waals surface area contributed by atoms with Crippen LogP contribution in [0.1, 0.15) is 26.7 Å². The summed E-state index contributed by atoms with van der Waals surface area (Å²) in [6.07, 6.45) is 1.86. The average Bonchev–Trinajstić information content (AvgIpc) is 2.00. The van der Waals surface area contributed by atoms with E-state index in [1.54, 1.807) is 0 Å². The Bertz CT molecular complexity index is 126. The Morgan fingerprint density at radius 1 is 1.55 bits per heavy atom. The van der Waals surface area contributed by atoms with Crippen molar-refractivity contribution in [3.8, 4) is 6.07 Å². The smallest absolute Gasteiger partial charge is 0.0635 e. The fourth-order valence-corrected chi connectivity index (χ4v) is 0.993. The van der Waals surface area contributed by atoms with Gasteiger partial charge >= 0.3 is 0 Å². The van der Waals surface area contributed by atoms with E-state index in [0.717, 1.165) is 19.0 Å². The van der Waals surface area contributed by atoms with E-state index in [-0.39, 0.29) is 0 Å². The van der Waals surface area contributed by atoms with Crippen molar-refractivity contribution >= 4 is 0 Å². The van der Waals surface area contributed by atoms with Gasteiger partial charge in [0.2, 0.25) is 0 Å². The molecule has 0 saturated heterocycles. The van der Waals surface area contributed by atoms with Crippen LogP contribution in [0.3, 0.4) is 0 Å². The normalized spacial score (nSPS) is 13.0. The lowest BCUT2D eigenvalue weighted by Gasteiger charge is -2.18. The van der Waals surface area contributed by atoms with Crippen molar-refractivity contribution < 1.29 is 0 Å². The van der Waals surface area contributed by atoms with Crippen LogP contribution in [0.25, 0.3) is 0 Å². The Morgan fingerprint density at radius 3 is 2.64 bits per heavy atom. The third-order valence-electron chi connectivity index (χ3n) is 1.93. The zero-order chi connectivity index (χ0) is 8.69. The lowest BCUT2D eigenvalue weighted by atomic mass is 10.1. The summed E-state index contributed by atoms with van der Waals surface area (Å²) in [5, 5.41) is 8.33. The van der Waals surface area contributed by atoms with Gasteiger partial charge in [-0.2, -0.15) is 5.26 Å². The zero-order valence-electron chi connectivity index (χ0n) is 7.80. The monoisotopic (exact) mass is 154 g/mol. The molecule has 1 atom stereocenters. The van der Waals surface area contributed by atoms with E-state index < -0.39 is 0 Å². The molecule has 0 amide bonds. The molecule has 0 aliphatic carbocycles. The van der Waals surface area contributed by atoms with Gasteiger partial charge < -0.3 is 4.90 Å². The molecular weight excluding hydrogens is 136 g/mol. The van der Waals surface area contributed by atoms with Gasteiger partial charge in [0.1, 0.15) is 0 Å². The van der Waals surface area contributed by atoms with Gasteiger partial charge in [-0.15, -0.1) is 0 Å². The number of nitrogens with zero attached hydrogens (tertiary/aromatic N) is 2. The first-order chi connectivity index (χ1) is 5.20. The van der Waals surface area contributed by atoms with Crippen LogP contribution in [0.4, 0.5) is 0 Å². The minimum absolute atomic E-state index is 0.646. The molecule has 0 bridgehead atoms. The summed E-state index contributed by atoms with van der Waals surface area (Å²) in [6.45, 7) is 6.45. The molecule has 1 unspecified atom stereocenters. The van der Waals surface area contributed by atoms with Crippen LogP contribution in [-0.4, -0.2) is 25.0 Å². The van der Waals surface area contributed by atoms with Gasteiger partial charge in [-0.1, -0.05) is 20.3 Å². The highest BCUT2D eigenvalue weighted by Gasteiger charge is 2.02. The van der Waals surface area contributed by atoms with Gasteiger partial charge in [0.25, 0.3) is 0 Å². The molecule has 0 aliphatic heterocycles. The second kappa shape index (κ2) is 6.18. The van der Waals surface area contributed by atoms with E-state index >= 15 is 0 Å².